The third-order valence-corrected chi connectivity index (χ3v) is 2.88. The second kappa shape index (κ2) is 6.09. The molecule has 0 bridgehead atoms. The van der Waals surface area contributed by atoms with E-state index in [0.717, 1.165) is 0 Å². The number of nitro benzene ring substituents is 1. The summed E-state index contributed by atoms with van der Waals surface area (Å²) in [5, 5.41) is 21.0. The third-order valence-electron chi connectivity index (χ3n) is 2.88. The Morgan fingerprint density at radius 3 is 2.90 bits per heavy atom. The lowest BCUT2D eigenvalue weighted by molar-refractivity contribution is -0.385. The maximum atomic E-state index is 11.9. The van der Waals surface area contributed by atoms with E-state index in [4.69, 9.17) is 5.73 Å². The van der Waals surface area contributed by atoms with Gasteiger partial charge in [-0.15, -0.1) is 5.10 Å². The zero-order valence-electron chi connectivity index (χ0n) is 11.3. The number of carbonyl (C=O) groups excluding carboxylic acids is 1. The topological polar surface area (TPSA) is 129 Å². The highest BCUT2D eigenvalue weighted by atomic mass is 16.6. The fourth-order valence-corrected chi connectivity index (χ4v) is 1.80. The van der Waals surface area contributed by atoms with Crippen molar-refractivity contribution in [2.45, 2.75) is 20.0 Å². The number of amides is 1. The van der Waals surface area contributed by atoms with E-state index in [-0.39, 0.29) is 24.7 Å². The normalized spacial score (nSPS) is 10.4. The van der Waals surface area contributed by atoms with Crippen LogP contribution in [0.15, 0.2) is 24.4 Å². The summed E-state index contributed by atoms with van der Waals surface area (Å²) in [6.07, 6.45) is 1.57. The molecule has 9 nitrogen and oxygen atoms in total. The van der Waals surface area contributed by atoms with Crippen LogP contribution in [0.4, 0.5) is 11.4 Å². The number of nitrogens with one attached hydrogen (secondary N) is 1. The quantitative estimate of drug-likeness (QED) is 0.612. The van der Waals surface area contributed by atoms with Crippen molar-refractivity contribution in [1.29, 1.82) is 0 Å². The number of rotatable bonds is 5. The van der Waals surface area contributed by atoms with Crippen molar-refractivity contribution in [1.82, 2.24) is 15.0 Å². The molecule has 3 N–H and O–H groups in total. The summed E-state index contributed by atoms with van der Waals surface area (Å²) in [5.74, 6) is -0.355. The Bertz CT molecular complexity index is 681. The average molecular weight is 290 g/mol. The molecule has 110 valence electrons. The van der Waals surface area contributed by atoms with Crippen molar-refractivity contribution in [2.75, 3.05) is 5.32 Å². The predicted molar refractivity (Wildman–Crippen MR) is 74.4 cm³/mol. The Hall–Kier alpha value is -2.81. The molecule has 21 heavy (non-hydrogen) atoms. The summed E-state index contributed by atoms with van der Waals surface area (Å²) < 4.78 is 1.35. The van der Waals surface area contributed by atoms with E-state index >= 15 is 0 Å². The number of nitrogens with zero attached hydrogens (tertiary/aromatic N) is 4. The van der Waals surface area contributed by atoms with E-state index in [1.54, 1.807) is 19.2 Å². The fourth-order valence-electron chi connectivity index (χ4n) is 1.80. The predicted octanol–water partition coefficient (Wildman–Crippen LogP) is 0.592. The number of carbonyl (C=O) groups is 1. The van der Waals surface area contributed by atoms with Gasteiger partial charge in [0.15, 0.2) is 0 Å². The number of aromatic nitrogens is 3. The molecule has 1 aromatic carbocycles. The van der Waals surface area contributed by atoms with Crippen LogP contribution in [0, 0.1) is 17.0 Å². The van der Waals surface area contributed by atoms with Crippen LogP contribution in [0.5, 0.6) is 0 Å². The van der Waals surface area contributed by atoms with E-state index in [2.05, 4.69) is 15.6 Å². The van der Waals surface area contributed by atoms with Crippen LogP contribution in [-0.2, 0) is 17.9 Å². The highest BCUT2D eigenvalue weighted by Crippen LogP contribution is 2.24. The molecule has 2 rings (SSSR count). The van der Waals surface area contributed by atoms with Crippen molar-refractivity contribution in [3.63, 3.8) is 0 Å². The molecule has 0 unspecified atom stereocenters. The molecule has 1 aromatic heterocycles. The Balaban J connectivity index is 2.09. The van der Waals surface area contributed by atoms with E-state index < -0.39 is 4.92 Å². The van der Waals surface area contributed by atoms with Crippen LogP contribution in [0.1, 0.15) is 11.3 Å². The van der Waals surface area contributed by atoms with Gasteiger partial charge in [0.2, 0.25) is 5.91 Å². The first kappa shape index (κ1) is 14.6. The van der Waals surface area contributed by atoms with E-state index in [1.165, 1.54) is 16.8 Å². The van der Waals surface area contributed by atoms with Gasteiger partial charge < -0.3 is 11.1 Å². The molecule has 0 aliphatic carbocycles. The van der Waals surface area contributed by atoms with Gasteiger partial charge >= 0.3 is 0 Å². The minimum atomic E-state index is -0.490. The molecule has 0 atom stereocenters. The third kappa shape index (κ3) is 3.39. The average Bonchev–Trinajstić information content (AvgIpc) is 2.88. The zero-order chi connectivity index (χ0) is 15.4. The maximum absolute atomic E-state index is 11.9. The minimum Gasteiger partial charge on any atom is -0.325 e. The van der Waals surface area contributed by atoms with Gasteiger partial charge in [-0.2, -0.15) is 0 Å². The standard InChI is InChI=1S/C12H14N6O3/c1-8-10(3-2-4-11(8)18(20)21)14-12(19)7-17-6-9(5-13)15-16-17/h2-4,6H,5,7,13H2,1H3,(H,14,19). The Kier molecular flexibility index (Phi) is 4.24. The smallest absolute Gasteiger partial charge is 0.274 e. The number of benzene rings is 1. The van der Waals surface area contributed by atoms with Crippen molar-refractivity contribution in [3.05, 3.63) is 45.8 Å². The molecular formula is C12H14N6O3. The first-order valence-corrected chi connectivity index (χ1v) is 6.14. The van der Waals surface area contributed by atoms with Crippen molar-refractivity contribution in [3.8, 4) is 0 Å². The van der Waals surface area contributed by atoms with Gasteiger partial charge in [-0.05, 0) is 13.0 Å². The lowest BCUT2D eigenvalue weighted by Crippen LogP contribution is -2.19. The van der Waals surface area contributed by atoms with E-state index in [9.17, 15) is 14.9 Å². The Morgan fingerprint density at radius 2 is 2.29 bits per heavy atom. The second-order valence-electron chi connectivity index (χ2n) is 4.37. The lowest BCUT2D eigenvalue weighted by Gasteiger charge is -2.08. The molecule has 0 aliphatic heterocycles. The molecule has 0 fully saturated rings. The largest absolute Gasteiger partial charge is 0.325 e. The summed E-state index contributed by atoms with van der Waals surface area (Å²) in [5.41, 5.74) is 6.73. The van der Waals surface area contributed by atoms with E-state index in [1.807, 2.05) is 0 Å². The monoisotopic (exact) mass is 290 g/mol. The van der Waals surface area contributed by atoms with Crippen LogP contribution < -0.4 is 11.1 Å². The molecule has 0 radical (unpaired) electrons. The van der Waals surface area contributed by atoms with Crippen molar-refractivity contribution in [2.24, 2.45) is 5.73 Å². The van der Waals surface area contributed by atoms with Crippen LogP contribution in [0.2, 0.25) is 0 Å². The van der Waals surface area contributed by atoms with Gasteiger partial charge in [-0.1, -0.05) is 11.3 Å². The summed E-state index contributed by atoms with van der Waals surface area (Å²) >= 11 is 0. The van der Waals surface area contributed by atoms with Gasteiger partial charge in [-0.25, -0.2) is 4.68 Å². The number of hydrogen-bond acceptors (Lipinski definition) is 6. The molecule has 1 amide bonds. The zero-order valence-corrected chi connectivity index (χ0v) is 11.3. The Morgan fingerprint density at radius 1 is 1.52 bits per heavy atom. The molecular weight excluding hydrogens is 276 g/mol. The fraction of sp³-hybridized carbons (Fsp3) is 0.250. The SMILES string of the molecule is Cc1c(NC(=O)Cn2cc(CN)nn2)cccc1[N+](=O)[O-]. The van der Waals surface area contributed by atoms with E-state index in [0.29, 0.717) is 16.9 Å². The second-order valence-corrected chi connectivity index (χ2v) is 4.37. The minimum absolute atomic E-state index is 0.0426. The first-order chi connectivity index (χ1) is 10.0. The van der Waals surface area contributed by atoms with Gasteiger partial charge in [0.05, 0.1) is 28.1 Å². The summed E-state index contributed by atoms with van der Waals surface area (Å²) in [7, 11) is 0. The molecule has 1 heterocycles. The molecule has 9 heteroatoms. The molecule has 0 spiro atoms. The van der Waals surface area contributed by atoms with Gasteiger partial charge in [0.1, 0.15) is 6.54 Å². The van der Waals surface area contributed by atoms with Crippen LogP contribution in [-0.4, -0.2) is 25.8 Å². The maximum Gasteiger partial charge on any atom is 0.274 e. The van der Waals surface area contributed by atoms with Gasteiger partial charge in [0, 0.05) is 12.6 Å². The number of hydrogen-bond donors (Lipinski definition) is 2. The molecule has 0 saturated heterocycles. The van der Waals surface area contributed by atoms with Crippen LogP contribution in [0.3, 0.4) is 0 Å². The highest BCUT2D eigenvalue weighted by molar-refractivity contribution is 5.91. The van der Waals surface area contributed by atoms with Crippen LogP contribution in [0.25, 0.3) is 0 Å². The molecule has 0 saturated carbocycles. The van der Waals surface area contributed by atoms with Gasteiger partial charge in [0.25, 0.3) is 5.69 Å². The van der Waals surface area contributed by atoms with Gasteiger partial charge in [-0.3, -0.25) is 14.9 Å². The first-order valence-electron chi connectivity index (χ1n) is 6.14. The molecule has 2 aromatic rings. The van der Waals surface area contributed by atoms with Crippen molar-refractivity contribution >= 4 is 17.3 Å². The Labute approximate surface area is 119 Å². The number of anilines is 1. The summed E-state index contributed by atoms with van der Waals surface area (Å²) in [6, 6.07) is 4.51. The molecule has 0 aliphatic rings. The lowest BCUT2D eigenvalue weighted by atomic mass is 10.1. The number of nitrogens with two attached hydrogens (primary N) is 1. The summed E-state index contributed by atoms with van der Waals surface area (Å²) in [6.45, 7) is 1.77. The van der Waals surface area contributed by atoms with Crippen molar-refractivity contribution < 1.29 is 9.72 Å². The number of nitro groups is 1. The highest BCUT2D eigenvalue weighted by Gasteiger charge is 2.15. The summed E-state index contributed by atoms with van der Waals surface area (Å²) in [4.78, 5) is 22.3. The van der Waals surface area contributed by atoms with Crippen LogP contribution >= 0.6 is 0 Å².